The summed E-state index contributed by atoms with van der Waals surface area (Å²) >= 11 is 0. The lowest BCUT2D eigenvalue weighted by molar-refractivity contribution is -0.139. The van der Waals surface area contributed by atoms with E-state index in [1.165, 1.54) is 30.3 Å². The fraction of sp³-hybridized carbons (Fsp3) is 0.429. The van der Waals surface area contributed by atoms with E-state index in [4.69, 9.17) is 18.4 Å². The average molecular weight is 1190 g/mol. The summed E-state index contributed by atoms with van der Waals surface area (Å²) in [6.07, 6.45) is -9.23. The maximum Gasteiger partial charge on any atom is 0.416 e. The molecule has 6 heterocycles. The molecule has 0 spiro atoms. The molecule has 12 atom stereocenters. The molecule has 21 heteroatoms. The lowest BCUT2D eigenvalue weighted by Crippen LogP contribution is -2.41. The standard InChI is InChI=1S/2C21H23F3N2O.C21H22F3NO4S/c2*1-25-12-15-8-9-16-19(13-5-3-2-4-6-13)26-18-10-7-14(21(22,23)24)11-17(18)20(16)27-15;1-30(26,27)28-12-15-8-9-16-19(13-5-3-2-4-6-13)25-18-10-7-14(21(22,23)24)11-17(18)20(16)29-15/h2*2-7,10-11,15-16,19-20,25-26H,8-9,12H2,1H3;2-7,10-11,15-16,19-20,25H,8-9,12H2,1H3/t3*15-,16+,19+,20+/m111/s1. The van der Waals surface area contributed by atoms with Gasteiger partial charge in [0.25, 0.3) is 10.1 Å². The predicted octanol–water partition coefficient (Wildman–Crippen LogP) is 14.5. The molecule has 11 nitrogen and oxygen atoms in total. The highest BCUT2D eigenvalue weighted by Crippen LogP contribution is 2.55. The Morgan fingerprint density at radius 2 is 0.750 bits per heavy atom. The SMILES string of the molecule is CNC[C@H]1CC[C@@H]2[C@H](O1)c1cc(C(F)(F)F)ccc1N[C@H]2c1ccccc1.CNC[C@H]1CC[C@@H]2[C@H](O1)c1cc(C(F)(F)F)ccc1N[C@H]2c1ccccc1.CS(=O)(=O)OC[C@H]1CC[C@@H]2[C@H](O1)c1cc(C(F)(F)F)ccc1N[C@H]2c1ccccc1. The van der Waals surface area contributed by atoms with E-state index in [-0.39, 0.29) is 66.9 Å². The third-order valence-electron chi connectivity index (χ3n) is 16.7. The van der Waals surface area contributed by atoms with Gasteiger partial charge in [-0.1, -0.05) is 91.0 Å². The second-order valence-electron chi connectivity index (χ2n) is 22.4. The van der Waals surface area contributed by atoms with Crippen molar-refractivity contribution in [1.82, 2.24) is 10.6 Å². The highest BCUT2D eigenvalue weighted by atomic mass is 32.2. The number of hydrogen-bond acceptors (Lipinski definition) is 11. The number of halogens is 9. The Bertz CT molecular complexity index is 3150. The summed E-state index contributed by atoms with van der Waals surface area (Å²) in [4.78, 5) is 0. The van der Waals surface area contributed by atoms with Crippen molar-refractivity contribution in [2.75, 3.05) is 56.0 Å². The molecule has 3 fully saturated rings. The Hall–Kier alpha value is -6.20. The minimum atomic E-state index is -4.46. The van der Waals surface area contributed by atoms with Crippen LogP contribution in [-0.4, -0.2) is 66.8 Å². The lowest BCUT2D eigenvalue weighted by Gasteiger charge is -2.46. The van der Waals surface area contributed by atoms with Gasteiger partial charge in [-0.25, -0.2) is 0 Å². The highest BCUT2D eigenvalue weighted by Gasteiger charge is 2.47. The van der Waals surface area contributed by atoms with Crippen LogP contribution in [0.1, 0.15) is 125 Å². The predicted molar refractivity (Wildman–Crippen MR) is 302 cm³/mol. The number of benzene rings is 6. The van der Waals surface area contributed by atoms with Gasteiger partial charge < -0.3 is 40.8 Å². The smallest absolute Gasteiger partial charge is 0.378 e. The minimum Gasteiger partial charge on any atom is -0.378 e. The Morgan fingerprint density at radius 1 is 0.452 bits per heavy atom. The van der Waals surface area contributed by atoms with E-state index in [0.29, 0.717) is 48.3 Å². The number of nitrogens with one attached hydrogen (secondary N) is 5. The van der Waals surface area contributed by atoms with Crippen LogP contribution in [0.3, 0.4) is 0 Å². The van der Waals surface area contributed by atoms with Crippen molar-refractivity contribution in [3.05, 3.63) is 196 Å². The van der Waals surface area contributed by atoms with Gasteiger partial charge in [-0.3, -0.25) is 4.18 Å². The summed E-state index contributed by atoms with van der Waals surface area (Å²) in [7, 11) is 0.0887. The Labute approximate surface area is 483 Å². The summed E-state index contributed by atoms with van der Waals surface area (Å²) in [6.45, 7) is 1.24. The van der Waals surface area contributed by atoms with E-state index in [2.05, 4.69) is 50.8 Å². The second kappa shape index (κ2) is 25.4. The van der Waals surface area contributed by atoms with Gasteiger partial charge in [0, 0.05) is 64.6 Å². The van der Waals surface area contributed by atoms with E-state index >= 15 is 0 Å². The zero-order chi connectivity index (χ0) is 59.6. The molecule has 84 heavy (non-hydrogen) atoms. The molecule has 0 aliphatic carbocycles. The molecule has 450 valence electrons. The molecule has 3 saturated heterocycles. The van der Waals surface area contributed by atoms with Crippen molar-refractivity contribution in [3.8, 4) is 0 Å². The maximum atomic E-state index is 13.3. The summed E-state index contributed by atoms with van der Waals surface area (Å²) < 4.78 is 166. The molecule has 6 aliphatic rings. The van der Waals surface area contributed by atoms with Gasteiger partial charge in [-0.15, -0.1) is 0 Å². The third-order valence-corrected chi connectivity index (χ3v) is 17.3. The van der Waals surface area contributed by atoms with Gasteiger partial charge in [0.15, 0.2) is 0 Å². The number of likely N-dealkylation sites (N-methyl/N-ethyl adjacent to an activating group) is 2. The van der Waals surface area contributed by atoms with Crippen LogP contribution in [0.2, 0.25) is 0 Å². The van der Waals surface area contributed by atoms with Crippen LogP contribution >= 0.6 is 0 Å². The van der Waals surface area contributed by atoms with E-state index < -0.39 is 57.5 Å². The summed E-state index contributed by atoms with van der Waals surface area (Å²) in [5.41, 5.74) is 5.00. The first-order valence-electron chi connectivity index (χ1n) is 28.2. The number of fused-ring (bicyclic) bond motifs is 9. The van der Waals surface area contributed by atoms with Gasteiger partial charge in [0.1, 0.15) is 0 Å². The molecule has 5 N–H and O–H groups in total. The van der Waals surface area contributed by atoms with Crippen molar-refractivity contribution < 1.29 is 66.3 Å². The molecule has 6 aromatic carbocycles. The first-order valence-corrected chi connectivity index (χ1v) is 30.1. The second-order valence-corrected chi connectivity index (χ2v) is 24.0. The number of ether oxygens (including phenoxy) is 3. The lowest BCUT2D eigenvalue weighted by atomic mass is 9.76. The average Bonchev–Trinajstić information content (AvgIpc) is 2.30. The van der Waals surface area contributed by atoms with Gasteiger partial charge in [-0.2, -0.15) is 47.9 Å². The van der Waals surface area contributed by atoms with Crippen molar-refractivity contribution in [3.63, 3.8) is 0 Å². The minimum absolute atomic E-state index is 0.00756. The highest BCUT2D eigenvalue weighted by molar-refractivity contribution is 7.86. The van der Waals surface area contributed by atoms with Crippen LogP contribution in [0.15, 0.2) is 146 Å². The molecule has 0 unspecified atom stereocenters. The van der Waals surface area contributed by atoms with Crippen molar-refractivity contribution in [2.45, 2.75) is 112 Å². The van der Waals surface area contributed by atoms with Gasteiger partial charge in [-0.05, 0) is 124 Å². The van der Waals surface area contributed by atoms with Crippen molar-refractivity contribution >= 4 is 27.2 Å². The Balaban J connectivity index is 0.000000141. The van der Waals surface area contributed by atoms with E-state index in [0.717, 1.165) is 84.3 Å². The maximum absolute atomic E-state index is 13.3. The largest absolute Gasteiger partial charge is 0.416 e. The van der Waals surface area contributed by atoms with Crippen LogP contribution < -0.4 is 26.6 Å². The molecule has 0 radical (unpaired) electrons. The first kappa shape index (κ1) is 60.9. The van der Waals surface area contributed by atoms with Gasteiger partial charge >= 0.3 is 18.5 Å². The zero-order valence-electron chi connectivity index (χ0n) is 46.4. The molecule has 0 amide bonds. The summed E-state index contributed by atoms with van der Waals surface area (Å²) in [6, 6.07) is 41.2. The van der Waals surface area contributed by atoms with Crippen LogP contribution in [-0.2, 0) is 47.0 Å². The molecule has 6 aliphatic heterocycles. The fourth-order valence-electron chi connectivity index (χ4n) is 12.8. The van der Waals surface area contributed by atoms with Gasteiger partial charge in [0.05, 0.1) is 84.3 Å². The van der Waals surface area contributed by atoms with Crippen LogP contribution in [0, 0.1) is 17.8 Å². The monoisotopic (exact) mass is 1190 g/mol. The van der Waals surface area contributed by atoms with Crippen molar-refractivity contribution in [1.29, 1.82) is 0 Å². The Morgan fingerprint density at radius 3 is 1.04 bits per heavy atom. The normalized spacial score (nSPS) is 27.0. The van der Waals surface area contributed by atoms with Crippen molar-refractivity contribution in [2.24, 2.45) is 17.8 Å². The van der Waals surface area contributed by atoms with E-state index in [1.807, 2.05) is 80.8 Å². The summed E-state index contributed by atoms with van der Waals surface area (Å²) in [5, 5.41) is 16.6. The molecule has 0 saturated carbocycles. The summed E-state index contributed by atoms with van der Waals surface area (Å²) in [5.74, 6) is 0.0887. The molecular formula is C63H68F9N5O6S. The number of hydrogen-bond donors (Lipinski definition) is 5. The number of rotatable bonds is 10. The molecule has 0 aromatic heterocycles. The van der Waals surface area contributed by atoms with Crippen LogP contribution in [0.25, 0.3) is 0 Å². The topological polar surface area (TPSA) is 131 Å². The zero-order valence-corrected chi connectivity index (χ0v) is 47.2. The van der Waals surface area contributed by atoms with Crippen LogP contribution in [0.5, 0.6) is 0 Å². The molecule has 6 aromatic rings. The number of anilines is 3. The Kier molecular flexibility index (Phi) is 18.4. The molecule has 12 rings (SSSR count). The molecular weight excluding hydrogens is 1130 g/mol. The number of alkyl halides is 9. The third kappa shape index (κ3) is 14.0. The molecule has 0 bridgehead atoms. The first-order chi connectivity index (χ1) is 40.1. The van der Waals surface area contributed by atoms with Gasteiger partial charge in [0.2, 0.25) is 0 Å². The van der Waals surface area contributed by atoms with Crippen LogP contribution in [0.4, 0.5) is 56.6 Å². The quantitative estimate of drug-likeness (QED) is 0.0664. The van der Waals surface area contributed by atoms with E-state index in [1.54, 1.807) is 0 Å². The fourth-order valence-corrected chi connectivity index (χ4v) is 13.2. The van der Waals surface area contributed by atoms with E-state index in [9.17, 15) is 47.9 Å².